The molecule has 1 aromatic heterocycles. The van der Waals surface area contributed by atoms with Crippen LogP contribution in [0.5, 0.6) is 0 Å². The van der Waals surface area contributed by atoms with Crippen molar-refractivity contribution in [3.63, 3.8) is 0 Å². The molecule has 0 spiro atoms. The predicted octanol–water partition coefficient (Wildman–Crippen LogP) is 3.90. The minimum absolute atomic E-state index is 0.0212. The number of hydrogen-bond donors (Lipinski definition) is 0. The maximum Gasteiger partial charge on any atom is 0.230 e. The Morgan fingerprint density at radius 3 is 2.59 bits per heavy atom. The van der Waals surface area contributed by atoms with Crippen molar-refractivity contribution >= 4 is 5.91 Å². The van der Waals surface area contributed by atoms with Gasteiger partial charge in [0, 0.05) is 32.0 Å². The molecule has 5 heteroatoms. The monoisotopic (exact) mass is 366 g/mol. The van der Waals surface area contributed by atoms with Crippen molar-refractivity contribution < 1.29 is 4.79 Å². The normalized spacial score (nSPS) is 19.4. The average Bonchev–Trinajstić information content (AvgIpc) is 2.97. The summed E-state index contributed by atoms with van der Waals surface area (Å²) in [4.78, 5) is 15.2. The van der Waals surface area contributed by atoms with E-state index in [1.807, 2.05) is 18.2 Å². The molecule has 1 atom stereocenters. The molecule has 1 aromatic carbocycles. The van der Waals surface area contributed by atoms with Crippen LogP contribution in [-0.2, 0) is 17.8 Å². The Balaban J connectivity index is 1.42. The van der Waals surface area contributed by atoms with E-state index in [4.69, 9.17) is 0 Å². The summed E-state index contributed by atoms with van der Waals surface area (Å²) in [6.45, 7) is 4.82. The van der Waals surface area contributed by atoms with E-state index in [0.29, 0.717) is 5.92 Å². The van der Waals surface area contributed by atoms with Gasteiger partial charge in [0.1, 0.15) is 11.6 Å². The minimum Gasteiger partial charge on any atom is -0.342 e. The van der Waals surface area contributed by atoms with E-state index < -0.39 is 0 Å². The number of benzene rings is 1. The van der Waals surface area contributed by atoms with Crippen molar-refractivity contribution in [2.45, 2.75) is 70.3 Å². The number of piperidine rings is 1. The summed E-state index contributed by atoms with van der Waals surface area (Å²) in [6, 6.07) is 10.2. The third-order valence-electron chi connectivity index (χ3n) is 6.22. The molecule has 0 radical (unpaired) electrons. The molecule has 2 aliphatic rings. The van der Waals surface area contributed by atoms with Crippen molar-refractivity contribution in [3.05, 3.63) is 47.5 Å². The SMILES string of the molecule is CC[C@@H](C(=O)N1CCC(c2nnc3n2CCCCC3)CC1)c1ccccc1. The van der Waals surface area contributed by atoms with Gasteiger partial charge in [-0.3, -0.25) is 4.79 Å². The second-order valence-electron chi connectivity index (χ2n) is 7.91. The lowest BCUT2D eigenvalue weighted by molar-refractivity contribution is -0.134. The molecular weight excluding hydrogens is 336 g/mol. The maximum absolute atomic E-state index is 13.1. The van der Waals surface area contributed by atoms with Gasteiger partial charge in [0.05, 0.1) is 5.92 Å². The first-order valence-corrected chi connectivity index (χ1v) is 10.5. The van der Waals surface area contributed by atoms with Gasteiger partial charge in [-0.1, -0.05) is 43.7 Å². The Morgan fingerprint density at radius 2 is 1.85 bits per heavy atom. The molecule has 0 unspecified atom stereocenters. The third-order valence-corrected chi connectivity index (χ3v) is 6.22. The molecular formula is C22H30N4O. The van der Waals surface area contributed by atoms with Gasteiger partial charge in [0.15, 0.2) is 0 Å². The topological polar surface area (TPSA) is 51.0 Å². The number of carbonyl (C=O) groups excluding carboxylic acids is 1. The van der Waals surface area contributed by atoms with E-state index in [-0.39, 0.29) is 11.8 Å². The van der Waals surface area contributed by atoms with Crippen LogP contribution in [0.3, 0.4) is 0 Å². The number of amides is 1. The number of nitrogens with zero attached hydrogens (tertiary/aromatic N) is 4. The van der Waals surface area contributed by atoms with E-state index >= 15 is 0 Å². The third kappa shape index (κ3) is 3.78. The summed E-state index contributed by atoms with van der Waals surface area (Å²) in [6.07, 6.45) is 7.63. The molecule has 1 amide bonds. The fourth-order valence-corrected chi connectivity index (χ4v) is 4.63. The number of carbonyl (C=O) groups is 1. The quantitative estimate of drug-likeness (QED) is 0.824. The van der Waals surface area contributed by atoms with Gasteiger partial charge >= 0.3 is 0 Å². The van der Waals surface area contributed by atoms with Crippen LogP contribution >= 0.6 is 0 Å². The molecule has 0 aliphatic carbocycles. The van der Waals surface area contributed by atoms with Crippen LogP contribution in [0.15, 0.2) is 30.3 Å². The molecule has 27 heavy (non-hydrogen) atoms. The Bertz CT molecular complexity index is 762. The largest absolute Gasteiger partial charge is 0.342 e. The highest BCUT2D eigenvalue weighted by Gasteiger charge is 2.31. The summed E-state index contributed by atoms with van der Waals surface area (Å²) >= 11 is 0. The molecule has 1 fully saturated rings. The molecule has 2 aromatic rings. The summed E-state index contributed by atoms with van der Waals surface area (Å²) < 4.78 is 2.37. The Kier molecular flexibility index (Phi) is 5.55. The Hall–Kier alpha value is -2.17. The first kappa shape index (κ1) is 18.2. The number of aromatic nitrogens is 3. The first-order chi connectivity index (χ1) is 13.3. The zero-order chi connectivity index (χ0) is 18.6. The van der Waals surface area contributed by atoms with Gasteiger partial charge in [0.2, 0.25) is 5.91 Å². The summed E-state index contributed by atoms with van der Waals surface area (Å²) in [5.74, 6) is 3.02. The standard InChI is InChI=1S/C22H30N4O/c1-2-19(17-9-5-3-6-10-17)22(27)25-15-12-18(13-16-25)21-24-23-20-11-7-4-8-14-26(20)21/h3,5-6,9-10,18-19H,2,4,7-8,11-16H2,1H3/t19-/m1/s1. The number of fused-ring (bicyclic) bond motifs is 1. The number of hydrogen-bond acceptors (Lipinski definition) is 3. The number of aryl methyl sites for hydroxylation is 1. The van der Waals surface area contributed by atoms with Gasteiger partial charge in [0.25, 0.3) is 0 Å². The van der Waals surface area contributed by atoms with Crippen LogP contribution in [0.4, 0.5) is 0 Å². The first-order valence-electron chi connectivity index (χ1n) is 10.5. The Morgan fingerprint density at radius 1 is 1.07 bits per heavy atom. The average molecular weight is 367 g/mol. The van der Waals surface area contributed by atoms with Gasteiger partial charge in [-0.2, -0.15) is 0 Å². The smallest absolute Gasteiger partial charge is 0.230 e. The lowest BCUT2D eigenvalue weighted by Gasteiger charge is -2.34. The van der Waals surface area contributed by atoms with E-state index in [9.17, 15) is 4.79 Å². The molecule has 0 saturated carbocycles. The molecule has 4 rings (SSSR count). The summed E-state index contributed by atoms with van der Waals surface area (Å²) in [5.41, 5.74) is 1.13. The molecule has 0 N–H and O–H groups in total. The van der Waals surface area contributed by atoms with Crippen LogP contribution in [0.1, 0.15) is 74.5 Å². The second-order valence-corrected chi connectivity index (χ2v) is 7.91. The lowest BCUT2D eigenvalue weighted by Crippen LogP contribution is -2.41. The fraction of sp³-hybridized carbons (Fsp3) is 0.591. The van der Waals surface area contributed by atoms with Crippen LogP contribution in [-0.4, -0.2) is 38.7 Å². The highest BCUT2D eigenvalue weighted by Crippen LogP contribution is 2.31. The van der Waals surface area contributed by atoms with E-state index in [1.165, 1.54) is 19.3 Å². The molecule has 5 nitrogen and oxygen atoms in total. The van der Waals surface area contributed by atoms with Gasteiger partial charge < -0.3 is 9.47 Å². The maximum atomic E-state index is 13.1. The van der Waals surface area contributed by atoms with Gasteiger partial charge in [-0.25, -0.2) is 0 Å². The van der Waals surface area contributed by atoms with Crippen LogP contribution < -0.4 is 0 Å². The van der Waals surface area contributed by atoms with E-state index in [0.717, 1.165) is 62.5 Å². The Labute approximate surface area is 161 Å². The van der Waals surface area contributed by atoms with E-state index in [2.05, 4.69) is 38.7 Å². The lowest BCUT2D eigenvalue weighted by atomic mass is 9.91. The number of likely N-dealkylation sites (tertiary alicyclic amines) is 1. The zero-order valence-corrected chi connectivity index (χ0v) is 16.3. The van der Waals surface area contributed by atoms with Gasteiger partial charge in [-0.15, -0.1) is 10.2 Å². The molecule has 2 aliphatic heterocycles. The zero-order valence-electron chi connectivity index (χ0n) is 16.3. The molecule has 0 bridgehead atoms. The molecule has 1 saturated heterocycles. The second kappa shape index (κ2) is 8.24. The highest BCUT2D eigenvalue weighted by atomic mass is 16.2. The highest BCUT2D eigenvalue weighted by molar-refractivity contribution is 5.83. The van der Waals surface area contributed by atoms with Crippen molar-refractivity contribution in [2.24, 2.45) is 0 Å². The summed E-state index contributed by atoms with van der Waals surface area (Å²) in [5, 5.41) is 9.00. The van der Waals surface area contributed by atoms with Crippen molar-refractivity contribution in [1.82, 2.24) is 19.7 Å². The number of rotatable bonds is 4. The molecule has 3 heterocycles. The van der Waals surface area contributed by atoms with Crippen molar-refractivity contribution in [3.8, 4) is 0 Å². The summed E-state index contributed by atoms with van der Waals surface area (Å²) in [7, 11) is 0. The van der Waals surface area contributed by atoms with E-state index in [1.54, 1.807) is 0 Å². The van der Waals surface area contributed by atoms with Crippen molar-refractivity contribution in [1.29, 1.82) is 0 Å². The fourth-order valence-electron chi connectivity index (χ4n) is 4.63. The van der Waals surface area contributed by atoms with Crippen LogP contribution in [0, 0.1) is 0 Å². The van der Waals surface area contributed by atoms with Crippen LogP contribution in [0.2, 0.25) is 0 Å². The van der Waals surface area contributed by atoms with Gasteiger partial charge in [-0.05, 0) is 37.7 Å². The van der Waals surface area contributed by atoms with Crippen molar-refractivity contribution in [2.75, 3.05) is 13.1 Å². The van der Waals surface area contributed by atoms with Crippen LogP contribution in [0.25, 0.3) is 0 Å². The predicted molar refractivity (Wildman–Crippen MR) is 106 cm³/mol. The minimum atomic E-state index is -0.0212. The molecule has 144 valence electrons.